The van der Waals surface area contributed by atoms with Gasteiger partial charge in [0.05, 0.1) is 6.54 Å². The standard InChI is InChI=1S/C11H14N2O3/c1-11(10(15)16,13-9(14)7-12)8-5-3-2-4-6-8/h2-6H,7,12H2,1H3,(H,13,14)(H,15,16)/t11-/m1/s1. The molecule has 1 rings (SSSR count). The van der Waals surface area contributed by atoms with Crippen molar-refractivity contribution < 1.29 is 14.7 Å². The van der Waals surface area contributed by atoms with Crippen LogP contribution in [-0.2, 0) is 15.1 Å². The first-order valence-corrected chi connectivity index (χ1v) is 4.80. The first-order valence-electron chi connectivity index (χ1n) is 4.80. The topological polar surface area (TPSA) is 92.4 Å². The second-order valence-electron chi connectivity index (χ2n) is 3.55. The molecule has 0 radical (unpaired) electrons. The van der Waals surface area contributed by atoms with E-state index in [0.29, 0.717) is 5.56 Å². The minimum Gasteiger partial charge on any atom is -0.479 e. The number of nitrogens with one attached hydrogen (secondary N) is 1. The zero-order valence-corrected chi connectivity index (χ0v) is 8.93. The van der Waals surface area contributed by atoms with Crippen LogP contribution in [0.4, 0.5) is 0 Å². The zero-order chi connectivity index (χ0) is 12.2. The summed E-state index contributed by atoms with van der Waals surface area (Å²) >= 11 is 0. The van der Waals surface area contributed by atoms with E-state index in [9.17, 15) is 14.7 Å². The molecular formula is C11H14N2O3. The Balaban J connectivity index is 3.07. The molecule has 5 heteroatoms. The molecule has 0 saturated heterocycles. The van der Waals surface area contributed by atoms with Gasteiger partial charge >= 0.3 is 5.97 Å². The zero-order valence-electron chi connectivity index (χ0n) is 8.93. The summed E-state index contributed by atoms with van der Waals surface area (Å²) in [6, 6.07) is 8.49. The largest absolute Gasteiger partial charge is 0.479 e. The molecule has 1 aromatic carbocycles. The van der Waals surface area contributed by atoms with Gasteiger partial charge in [0.25, 0.3) is 0 Å². The summed E-state index contributed by atoms with van der Waals surface area (Å²) in [6.45, 7) is 1.19. The molecule has 0 aliphatic rings. The minimum absolute atomic E-state index is 0.240. The van der Waals surface area contributed by atoms with Crippen LogP contribution in [0.1, 0.15) is 12.5 Å². The van der Waals surface area contributed by atoms with E-state index in [4.69, 9.17) is 5.73 Å². The molecule has 16 heavy (non-hydrogen) atoms. The van der Waals surface area contributed by atoms with Gasteiger partial charge in [0.15, 0.2) is 5.54 Å². The molecule has 0 heterocycles. The van der Waals surface area contributed by atoms with Crippen molar-refractivity contribution in [1.29, 1.82) is 0 Å². The van der Waals surface area contributed by atoms with E-state index in [1.807, 2.05) is 0 Å². The Labute approximate surface area is 93.3 Å². The fourth-order valence-electron chi connectivity index (χ4n) is 1.35. The maximum Gasteiger partial charge on any atom is 0.333 e. The molecule has 5 nitrogen and oxygen atoms in total. The Morgan fingerprint density at radius 1 is 1.38 bits per heavy atom. The van der Waals surface area contributed by atoms with Crippen molar-refractivity contribution in [1.82, 2.24) is 5.32 Å². The van der Waals surface area contributed by atoms with Gasteiger partial charge in [-0.15, -0.1) is 0 Å². The maximum atomic E-state index is 11.2. The molecular weight excluding hydrogens is 208 g/mol. The van der Waals surface area contributed by atoms with Crippen LogP contribution < -0.4 is 11.1 Å². The fourth-order valence-corrected chi connectivity index (χ4v) is 1.35. The van der Waals surface area contributed by atoms with Crippen LogP contribution in [0.5, 0.6) is 0 Å². The normalized spacial score (nSPS) is 13.9. The number of carboxylic acids is 1. The average Bonchev–Trinajstić information content (AvgIpc) is 2.29. The van der Waals surface area contributed by atoms with Gasteiger partial charge < -0.3 is 16.2 Å². The number of aliphatic carboxylic acids is 1. The van der Waals surface area contributed by atoms with E-state index in [-0.39, 0.29) is 6.54 Å². The van der Waals surface area contributed by atoms with E-state index < -0.39 is 17.4 Å². The quantitative estimate of drug-likeness (QED) is 0.671. The number of benzene rings is 1. The predicted octanol–water partition coefficient (Wildman–Crippen LogP) is 0.0613. The van der Waals surface area contributed by atoms with Crippen LogP contribution >= 0.6 is 0 Å². The number of rotatable bonds is 4. The van der Waals surface area contributed by atoms with Gasteiger partial charge in [0, 0.05) is 0 Å². The molecule has 0 fully saturated rings. The Bertz CT molecular complexity index is 391. The van der Waals surface area contributed by atoms with E-state index in [0.717, 1.165) is 0 Å². The van der Waals surface area contributed by atoms with Crippen LogP contribution in [0.15, 0.2) is 30.3 Å². The molecule has 0 aromatic heterocycles. The lowest BCUT2D eigenvalue weighted by Gasteiger charge is -2.26. The van der Waals surface area contributed by atoms with Crippen molar-refractivity contribution in [3.8, 4) is 0 Å². The van der Waals surface area contributed by atoms with Crippen LogP contribution in [0.2, 0.25) is 0 Å². The van der Waals surface area contributed by atoms with Crippen molar-refractivity contribution in [3.05, 3.63) is 35.9 Å². The molecule has 1 aromatic rings. The summed E-state index contributed by atoms with van der Waals surface area (Å²) in [4.78, 5) is 22.4. The number of hydrogen-bond acceptors (Lipinski definition) is 3. The van der Waals surface area contributed by atoms with E-state index >= 15 is 0 Å². The van der Waals surface area contributed by atoms with Gasteiger partial charge in [-0.1, -0.05) is 30.3 Å². The van der Waals surface area contributed by atoms with E-state index in [1.165, 1.54) is 6.92 Å². The van der Waals surface area contributed by atoms with Crippen LogP contribution in [0, 0.1) is 0 Å². The highest BCUT2D eigenvalue weighted by Crippen LogP contribution is 2.20. The molecule has 0 aliphatic carbocycles. The molecule has 1 atom stereocenters. The van der Waals surface area contributed by atoms with Gasteiger partial charge in [-0.05, 0) is 12.5 Å². The first kappa shape index (κ1) is 12.2. The van der Waals surface area contributed by atoms with E-state index in [1.54, 1.807) is 30.3 Å². The molecule has 0 spiro atoms. The Morgan fingerprint density at radius 2 is 1.94 bits per heavy atom. The monoisotopic (exact) mass is 222 g/mol. The van der Waals surface area contributed by atoms with Crippen LogP contribution in [0.3, 0.4) is 0 Å². The lowest BCUT2D eigenvalue weighted by molar-refractivity contribution is -0.147. The van der Waals surface area contributed by atoms with Gasteiger partial charge in [-0.25, -0.2) is 4.79 Å². The Kier molecular flexibility index (Phi) is 3.63. The third-order valence-electron chi connectivity index (χ3n) is 2.35. The number of carbonyl (C=O) groups excluding carboxylic acids is 1. The first-order chi connectivity index (χ1) is 7.50. The summed E-state index contributed by atoms with van der Waals surface area (Å²) in [5.41, 5.74) is 4.21. The van der Waals surface area contributed by atoms with Crippen molar-refractivity contribution in [2.75, 3.05) is 6.54 Å². The van der Waals surface area contributed by atoms with Crippen molar-refractivity contribution in [2.24, 2.45) is 5.73 Å². The summed E-state index contributed by atoms with van der Waals surface area (Å²) in [6.07, 6.45) is 0. The number of amides is 1. The molecule has 86 valence electrons. The van der Waals surface area contributed by atoms with Crippen LogP contribution in [0.25, 0.3) is 0 Å². The van der Waals surface area contributed by atoms with Crippen molar-refractivity contribution >= 4 is 11.9 Å². The lowest BCUT2D eigenvalue weighted by atomic mass is 9.92. The third kappa shape index (κ3) is 2.38. The highest BCUT2D eigenvalue weighted by Gasteiger charge is 2.36. The molecule has 0 bridgehead atoms. The number of hydrogen-bond donors (Lipinski definition) is 3. The Morgan fingerprint density at radius 3 is 2.38 bits per heavy atom. The van der Waals surface area contributed by atoms with E-state index in [2.05, 4.69) is 5.32 Å². The average molecular weight is 222 g/mol. The second kappa shape index (κ2) is 4.76. The molecule has 0 unspecified atom stereocenters. The van der Waals surface area contributed by atoms with Gasteiger partial charge in [-0.3, -0.25) is 4.79 Å². The maximum absolute atomic E-state index is 11.2. The number of nitrogens with two attached hydrogens (primary N) is 1. The fraction of sp³-hybridized carbons (Fsp3) is 0.273. The number of carboxylic acid groups (broad SMARTS) is 1. The highest BCUT2D eigenvalue weighted by atomic mass is 16.4. The van der Waals surface area contributed by atoms with Gasteiger partial charge in [0.1, 0.15) is 0 Å². The van der Waals surface area contributed by atoms with Crippen LogP contribution in [-0.4, -0.2) is 23.5 Å². The van der Waals surface area contributed by atoms with Crippen molar-refractivity contribution in [2.45, 2.75) is 12.5 Å². The highest BCUT2D eigenvalue weighted by molar-refractivity contribution is 5.88. The Hall–Kier alpha value is -1.88. The summed E-state index contributed by atoms with van der Waals surface area (Å²) in [5, 5.41) is 11.6. The second-order valence-corrected chi connectivity index (χ2v) is 3.55. The summed E-state index contributed by atoms with van der Waals surface area (Å²) in [5.74, 6) is -1.63. The minimum atomic E-state index is -1.45. The summed E-state index contributed by atoms with van der Waals surface area (Å²) in [7, 11) is 0. The number of carbonyl (C=O) groups is 2. The molecule has 0 saturated carbocycles. The lowest BCUT2D eigenvalue weighted by Crippen LogP contribution is -2.51. The van der Waals surface area contributed by atoms with Gasteiger partial charge in [0.2, 0.25) is 5.91 Å². The van der Waals surface area contributed by atoms with Gasteiger partial charge in [-0.2, -0.15) is 0 Å². The SMILES string of the molecule is C[C@](NC(=O)CN)(C(=O)O)c1ccccc1. The smallest absolute Gasteiger partial charge is 0.333 e. The predicted molar refractivity (Wildman–Crippen MR) is 58.6 cm³/mol. The molecule has 4 N–H and O–H groups in total. The third-order valence-corrected chi connectivity index (χ3v) is 2.35. The van der Waals surface area contributed by atoms with Crippen molar-refractivity contribution in [3.63, 3.8) is 0 Å². The molecule has 0 aliphatic heterocycles. The molecule has 1 amide bonds. The summed E-state index contributed by atoms with van der Waals surface area (Å²) < 4.78 is 0.